The van der Waals surface area contributed by atoms with Crippen LogP contribution in [0.4, 0.5) is 0 Å². The van der Waals surface area contributed by atoms with Crippen molar-refractivity contribution in [1.29, 1.82) is 0 Å². The van der Waals surface area contributed by atoms with Gasteiger partial charge in [0.25, 0.3) is 10.0 Å². The number of likely N-dealkylation sites (tertiary alicyclic amines) is 1. The zero-order chi connectivity index (χ0) is 28.3. The molecule has 2 aliphatic heterocycles. The first kappa shape index (κ1) is 28.5. The Bertz CT molecular complexity index is 1550. The number of piperidine rings is 1. The van der Waals surface area contributed by atoms with Crippen LogP contribution in [-0.2, 0) is 20.0 Å². The normalized spacial score (nSPS) is 19.7. The Kier molecular flexibility index (Phi) is 8.42. The van der Waals surface area contributed by atoms with Crippen molar-refractivity contribution in [2.24, 2.45) is 4.40 Å². The monoisotopic (exact) mass is 580 g/mol. The molecule has 0 unspecified atom stereocenters. The highest BCUT2D eigenvalue weighted by Gasteiger charge is 2.43. The van der Waals surface area contributed by atoms with Crippen LogP contribution in [0.25, 0.3) is 0 Å². The van der Waals surface area contributed by atoms with Gasteiger partial charge in [-0.05, 0) is 69.6 Å². The van der Waals surface area contributed by atoms with E-state index in [-0.39, 0.29) is 16.3 Å². The summed E-state index contributed by atoms with van der Waals surface area (Å²) in [6.07, 6.45) is 2.48. The lowest BCUT2D eigenvalue weighted by Gasteiger charge is -2.35. The second-order valence-corrected chi connectivity index (χ2v) is 14.0. The lowest BCUT2D eigenvalue weighted by Crippen LogP contribution is -2.44. The predicted molar refractivity (Wildman–Crippen MR) is 157 cm³/mol. The Morgan fingerprint density at radius 2 is 1.30 bits per heavy atom. The van der Waals surface area contributed by atoms with E-state index in [0.29, 0.717) is 18.9 Å². The summed E-state index contributed by atoms with van der Waals surface area (Å²) in [4.78, 5) is 4.41. The Labute approximate surface area is 238 Å². The molecule has 0 bridgehead atoms. The van der Waals surface area contributed by atoms with Crippen molar-refractivity contribution in [3.8, 4) is 0 Å². The third-order valence-electron chi connectivity index (χ3n) is 7.54. The van der Waals surface area contributed by atoms with Crippen molar-refractivity contribution in [2.75, 3.05) is 32.7 Å². The van der Waals surface area contributed by atoms with E-state index >= 15 is 0 Å². The third kappa shape index (κ3) is 6.15. The second kappa shape index (κ2) is 11.8. The first-order valence-corrected chi connectivity index (χ1v) is 16.6. The minimum atomic E-state index is -4.03. The highest BCUT2D eigenvalue weighted by Crippen LogP contribution is 2.36. The molecule has 0 N–H and O–H groups in total. The van der Waals surface area contributed by atoms with Crippen LogP contribution in [0.3, 0.4) is 0 Å². The molecule has 8 nitrogen and oxygen atoms in total. The smallest absolute Gasteiger partial charge is 0.283 e. The molecule has 0 saturated carbocycles. The average molecular weight is 581 g/mol. The molecule has 3 aromatic rings. The summed E-state index contributed by atoms with van der Waals surface area (Å²) in [6.45, 7) is 6.36. The molecule has 2 heterocycles. The maximum atomic E-state index is 14.0. The second-order valence-electron chi connectivity index (χ2n) is 10.5. The molecule has 2 aliphatic rings. The molecule has 3 aromatic carbocycles. The Hall–Kier alpha value is -3.05. The predicted octanol–water partition coefficient (Wildman–Crippen LogP) is 4.58. The third-order valence-corrected chi connectivity index (χ3v) is 10.7. The van der Waals surface area contributed by atoms with Crippen molar-refractivity contribution in [3.05, 3.63) is 95.6 Å². The number of hydrogen-bond donors (Lipinski definition) is 0. The first-order chi connectivity index (χ1) is 19.1. The number of sulfonamides is 2. The van der Waals surface area contributed by atoms with Crippen LogP contribution >= 0.6 is 0 Å². The molecule has 0 aliphatic carbocycles. The molecule has 1 atom stereocenters. The molecule has 2 saturated heterocycles. The summed E-state index contributed by atoms with van der Waals surface area (Å²) in [5.74, 6) is 0.359. The number of aryl methyl sites for hydroxylation is 2. The Balaban J connectivity index is 1.59. The van der Waals surface area contributed by atoms with Gasteiger partial charge in [-0.3, -0.25) is 4.90 Å². The van der Waals surface area contributed by atoms with Gasteiger partial charge in [0.15, 0.2) is 0 Å². The SMILES string of the molecule is Cc1ccc(S(=O)(=O)N=C(CN2CCCCC2)N2CCN(S(=O)(=O)c3ccc(C)cc3)[C@H]2c2ccccc2)cc1. The van der Waals surface area contributed by atoms with Crippen molar-refractivity contribution in [2.45, 2.75) is 49.1 Å². The molecule has 0 radical (unpaired) electrons. The van der Waals surface area contributed by atoms with E-state index in [1.54, 1.807) is 48.5 Å². The molecule has 0 amide bonds. The highest BCUT2D eigenvalue weighted by molar-refractivity contribution is 7.90. The van der Waals surface area contributed by atoms with Gasteiger partial charge < -0.3 is 4.90 Å². The molecule has 0 spiro atoms. The molecule has 5 rings (SSSR count). The number of amidine groups is 1. The lowest BCUT2D eigenvalue weighted by atomic mass is 10.1. The summed E-state index contributed by atoms with van der Waals surface area (Å²) in [5, 5.41) is 0. The van der Waals surface area contributed by atoms with Gasteiger partial charge >= 0.3 is 0 Å². The fourth-order valence-electron chi connectivity index (χ4n) is 5.34. The summed E-state index contributed by atoms with van der Waals surface area (Å²) >= 11 is 0. The minimum Gasteiger partial charge on any atom is -0.336 e. The maximum absolute atomic E-state index is 14.0. The van der Waals surface area contributed by atoms with E-state index in [9.17, 15) is 16.8 Å². The molecule has 0 aromatic heterocycles. The van der Waals surface area contributed by atoms with Gasteiger partial charge in [0.05, 0.1) is 16.3 Å². The van der Waals surface area contributed by atoms with Crippen molar-refractivity contribution in [1.82, 2.24) is 14.1 Å². The fourth-order valence-corrected chi connectivity index (χ4v) is 7.93. The number of hydrogen-bond acceptors (Lipinski definition) is 5. The standard InChI is InChI=1S/C30H36N4O4S2/c1-24-11-15-27(16-12-24)39(35,36)31-29(23-32-19-7-4-8-20-32)33-21-22-34(30(33)26-9-5-3-6-10-26)40(37,38)28-17-13-25(2)14-18-28/h3,5-6,9-18,30H,4,7-8,19-23H2,1-2H3/t30-/m0/s1. The summed E-state index contributed by atoms with van der Waals surface area (Å²) in [5.41, 5.74) is 2.69. The Morgan fingerprint density at radius 3 is 1.90 bits per heavy atom. The minimum absolute atomic E-state index is 0.119. The van der Waals surface area contributed by atoms with Crippen molar-refractivity contribution in [3.63, 3.8) is 0 Å². The largest absolute Gasteiger partial charge is 0.336 e. The van der Waals surface area contributed by atoms with Gasteiger partial charge in [-0.25, -0.2) is 8.42 Å². The first-order valence-electron chi connectivity index (χ1n) is 13.7. The lowest BCUT2D eigenvalue weighted by molar-refractivity contribution is 0.235. The van der Waals surface area contributed by atoms with Crippen LogP contribution in [-0.4, -0.2) is 69.5 Å². The van der Waals surface area contributed by atoms with Crippen LogP contribution in [0.1, 0.15) is 42.1 Å². The summed E-state index contributed by atoms with van der Waals surface area (Å²) in [6, 6.07) is 22.9. The maximum Gasteiger partial charge on any atom is 0.283 e. The molecule has 40 heavy (non-hydrogen) atoms. The van der Waals surface area contributed by atoms with Gasteiger partial charge in [0.2, 0.25) is 10.0 Å². The zero-order valence-corrected chi connectivity index (χ0v) is 24.6. The summed E-state index contributed by atoms with van der Waals surface area (Å²) < 4.78 is 60.9. The van der Waals surface area contributed by atoms with Crippen LogP contribution in [0.5, 0.6) is 0 Å². The zero-order valence-electron chi connectivity index (χ0n) is 23.0. The average Bonchev–Trinajstić information content (AvgIpc) is 3.40. The van der Waals surface area contributed by atoms with Gasteiger partial charge in [0, 0.05) is 13.1 Å². The number of rotatable bonds is 7. The van der Waals surface area contributed by atoms with E-state index < -0.39 is 26.2 Å². The van der Waals surface area contributed by atoms with E-state index in [2.05, 4.69) is 9.30 Å². The topological polar surface area (TPSA) is 90.4 Å². The highest BCUT2D eigenvalue weighted by atomic mass is 32.2. The van der Waals surface area contributed by atoms with Gasteiger partial charge in [0.1, 0.15) is 12.0 Å². The van der Waals surface area contributed by atoms with Crippen LogP contribution < -0.4 is 0 Å². The van der Waals surface area contributed by atoms with E-state index in [1.165, 1.54) is 4.31 Å². The van der Waals surface area contributed by atoms with Gasteiger partial charge in [-0.15, -0.1) is 4.40 Å². The van der Waals surface area contributed by atoms with Crippen molar-refractivity contribution >= 4 is 25.9 Å². The quantitative estimate of drug-likeness (QED) is 0.300. The molecule has 2 fully saturated rings. The van der Waals surface area contributed by atoms with E-state index in [4.69, 9.17) is 0 Å². The molecule has 10 heteroatoms. The van der Waals surface area contributed by atoms with E-state index in [1.807, 2.05) is 49.1 Å². The van der Waals surface area contributed by atoms with E-state index in [0.717, 1.165) is 49.0 Å². The van der Waals surface area contributed by atoms with Crippen LogP contribution in [0.15, 0.2) is 93.1 Å². The van der Waals surface area contributed by atoms with Crippen LogP contribution in [0.2, 0.25) is 0 Å². The van der Waals surface area contributed by atoms with Crippen LogP contribution in [0, 0.1) is 13.8 Å². The van der Waals surface area contributed by atoms with Crippen molar-refractivity contribution < 1.29 is 16.8 Å². The molecule has 212 valence electrons. The Morgan fingerprint density at radius 1 is 0.725 bits per heavy atom. The number of nitrogens with zero attached hydrogens (tertiary/aromatic N) is 4. The summed E-state index contributed by atoms with van der Waals surface area (Å²) in [7, 11) is -7.91. The molecular formula is C30H36N4O4S2. The number of benzene rings is 3. The van der Waals surface area contributed by atoms with Gasteiger partial charge in [-0.2, -0.15) is 12.7 Å². The molecular weight excluding hydrogens is 544 g/mol. The fraction of sp³-hybridized carbons (Fsp3) is 0.367. The van der Waals surface area contributed by atoms with Gasteiger partial charge in [-0.1, -0.05) is 72.1 Å².